The van der Waals surface area contributed by atoms with Crippen molar-refractivity contribution in [2.24, 2.45) is 0 Å². The van der Waals surface area contributed by atoms with E-state index in [0.29, 0.717) is 11.0 Å². The molecular formula is C18H16BrF3N4. The number of H-pyrrole nitrogens is 1. The lowest BCUT2D eigenvalue weighted by molar-refractivity contribution is -0.144. The van der Waals surface area contributed by atoms with Crippen LogP contribution in [-0.2, 0) is 6.18 Å². The van der Waals surface area contributed by atoms with E-state index in [1.165, 1.54) is 5.69 Å². The maximum absolute atomic E-state index is 12.8. The van der Waals surface area contributed by atoms with Crippen molar-refractivity contribution in [3.8, 4) is 0 Å². The summed E-state index contributed by atoms with van der Waals surface area (Å²) >= 11 is 3.44. The van der Waals surface area contributed by atoms with Crippen LogP contribution in [0.3, 0.4) is 0 Å². The van der Waals surface area contributed by atoms with E-state index in [9.17, 15) is 13.2 Å². The maximum atomic E-state index is 12.8. The first kappa shape index (κ1) is 17.2. The molecular weight excluding hydrogens is 409 g/mol. The predicted octanol–water partition coefficient (Wildman–Crippen LogP) is 4.67. The zero-order chi connectivity index (χ0) is 18.3. The summed E-state index contributed by atoms with van der Waals surface area (Å²) in [7, 11) is 0. The molecule has 0 radical (unpaired) electrons. The number of piperazine rings is 1. The number of anilines is 2. The van der Waals surface area contributed by atoms with Crippen molar-refractivity contribution in [1.82, 2.24) is 9.97 Å². The largest absolute Gasteiger partial charge is 0.449 e. The lowest BCUT2D eigenvalue weighted by Crippen LogP contribution is -2.46. The van der Waals surface area contributed by atoms with Crippen LogP contribution >= 0.6 is 15.9 Å². The number of aromatic amines is 1. The fourth-order valence-corrected chi connectivity index (χ4v) is 3.47. The molecule has 2 aromatic carbocycles. The van der Waals surface area contributed by atoms with Gasteiger partial charge < -0.3 is 14.8 Å². The minimum atomic E-state index is -4.46. The summed E-state index contributed by atoms with van der Waals surface area (Å²) in [4.78, 5) is 10.5. The number of nitrogens with one attached hydrogen (secondary N) is 1. The minimum absolute atomic E-state index is 0.328. The lowest BCUT2D eigenvalue weighted by Gasteiger charge is -2.37. The van der Waals surface area contributed by atoms with Crippen molar-refractivity contribution in [3.05, 3.63) is 52.8 Å². The molecule has 0 bridgehead atoms. The topological polar surface area (TPSA) is 35.2 Å². The van der Waals surface area contributed by atoms with Gasteiger partial charge in [-0.1, -0.05) is 15.9 Å². The molecule has 0 atom stereocenters. The van der Waals surface area contributed by atoms with E-state index in [1.807, 2.05) is 18.2 Å². The molecule has 0 aliphatic carbocycles. The molecule has 2 heterocycles. The normalized spacial score (nSPS) is 15.7. The van der Waals surface area contributed by atoms with Crippen molar-refractivity contribution >= 4 is 38.3 Å². The van der Waals surface area contributed by atoms with Gasteiger partial charge in [0.2, 0.25) is 5.82 Å². The van der Waals surface area contributed by atoms with E-state index in [4.69, 9.17) is 0 Å². The van der Waals surface area contributed by atoms with Crippen LogP contribution < -0.4 is 9.80 Å². The molecule has 1 fully saturated rings. The second-order valence-electron chi connectivity index (χ2n) is 6.24. The highest BCUT2D eigenvalue weighted by Gasteiger charge is 2.34. The van der Waals surface area contributed by atoms with Gasteiger partial charge in [-0.25, -0.2) is 4.98 Å². The quantitative estimate of drug-likeness (QED) is 0.648. The third-order valence-electron chi connectivity index (χ3n) is 4.57. The number of imidazole rings is 1. The van der Waals surface area contributed by atoms with Gasteiger partial charge in [0.15, 0.2) is 0 Å². The standard InChI is InChI=1S/C18H16BrF3N4/c19-12-1-3-13(4-2-12)25-7-9-26(10-8-25)14-5-6-15-16(11-14)24-17(23-15)18(20,21)22/h1-6,11H,7-10H2,(H,23,24). The SMILES string of the molecule is FC(F)(F)c1nc2ccc(N3CCN(c4ccc(Br)cc4)CC3)cc2[nH]1. The third kappa shape index (κ3) is 3.38. The van der Waals surface area contributed by atoms with Crippen molar-refractivity contribution < 1.29 is 13.2 Å². The Hall–Kier alpha value is -2.22. The summed E-state index contributed by atoms with van der Waals surface area (Å²) in [6.45, 7) is 3.33. The van der Waals surface area contributed by atoms with E-state index in [-0.39, 0.29) is 0 Å². The fourth-order valence-electron chi connectivity index (χ4n) is 3.20. The Kier molecular flexibility index (Phi) is 4.30. The van der Waals surface area contributed by atoms with Gasteiger partial charge in [-0.05, 0) is 42.5 Å². The molecule has 1 aliphatic heterocycles. The first-order chi connectivity index (χ1) is 12.4. The average molecular weight is 425 g/mol. The summed E-state index contributed by atoms with van der Waals surface area (Å²) in [5.41, 5.74) is 2.82. The monoisotopic (exact) mass is 424 g/mol. The van der Waals surface area contributed by atoms with Crippen molar-refractivity contribution in [2.75, 3.05) is 36.0 Å². The highest BCUT2D eigenvalue weighted by atomic mass is 79.9. The number of halogens is 4. The zero-order valence-electron chi connectivity index (χ0n) is 13.7. The second-order valence-corrected chi connectivity index (χ2v) is 7.15. The van der Waals surface area contributed by atoms with Gasteiger partial charge in [-0.3, -0.25) is 0 Å². The summed E-state index contributed by atoms with van der Waals surface area (Å²) in [5.74, 6) is -0.954. The number of nitrogens with zero attached hydrogens (tertiary/aromatic N) is 3. The second kappa shape index (κ2) is 6.50. The van der Waals surface area contributed by atoms with Gasteiger partial charge in [-0.15, -0.1) is 0 Å². The first-order valence-electron chi connectivity index (χ1n) is 8.22. The van der Waals surface area contributed by atoms with E-state index in [0.717, 1.165) is 36.3 Å². The van der Waals surface area contributed by atoms with E-state index in [2.05, 4.69) is 47.8 Å². The van der Waals surface area contributed by atoms with Gasteiger partial charge >= 0.3 is 6.18 Å². The van der Waals surface area contributed by atoms with Crippen LogP contribution in [0, 0.1) is 0 Å². The molecule has 0 amide bonds. The Morgan fingerprint density at radius 1 is 0.885 bits per heavy atom. The molecule has 0 unspecified atom stereocenters. The Bertz CT molecular complexity index is 912. The summed E-state index contributed by atoms with van der Waals surface area (Å²) in [6.07, 6.45) is -4.46. The van der Waals surface area contributed by atoms with Crippen LogP contribution in [0.15, 0.2) is 46.9 Å². The molecule has 1 aliphatic rings. The van der Waals surface area contributed by atoms with Crippen LogP contribution in [0.25, 0.3) is 11.0 Å². The van der Waals surface area contributed by atoms with Crippen LogP contribution in [0.4, 0.5) is 24.5 Å². The van der Waals surface area contributed by atoms with E-state index < -0.39 is 12.0 Å². The number of alkyl halides is 3. The van der Waals surface area contributed by atoms with Crippen LogP contribution in [0.1, 0.15) is 5.82 Å². The average Bonchev–Trinajstić information content (AvgIpc) is 3.06. The fraction of sp³-hybridized carbons (Fsp3) is 0.278. The molecule has 8 heteroatoms. The number of rotatable bonds is 2. The van der Waals surface area contributed by atoms with E-state index >= 15 is 0 Å². The summed E-state index contributed by atoms with van der Waals surface area (Å²) in [6, 6.07) is 13.4. The molecule has 0 spiro atoms. The van der Waals surface area contributed by atoms with Gasteiger partial charge in [0.1, 0.15) is 0 Å². The highest BCUT2D eigenvalue weighted by Crippen LogP contribution is 2.30. The molecule has 4 nitrogen and oxygen atoms in total. The molecule has 26 heavy (non-hydrogen) atoms. The molecule has 1 saturated heterocycles. The minimum Gasteiger partial charge on any atom is -0.368 e. The van der Waals surface area contributed by atoms with Crippen molar-refractivity contribution in [2.45, 2.75) is 6.18 Å². The summed E-state index contributed by atoms with van der Waals surface area (Å²) in [5, 5.41) is 0. The molecule has 4 rings (SSSR count). The molecule has 0 saturated carbocycles. The van der Waals surface area contributed by atoms with Crippen LogP contribution in [-0.4, -0.2) is 36.1 Å². The third-order valence-corrected chi connectivity index (χ3v) is 5.10. The number of fused-ring (bicyclic) bond motifs is 1. The maximum Gasteiger partial charge on any atom is 0.449 e. The number of benzene rings is 2. The van der Waals surface area contributed by atoms with Gasteiger partial charge in [0.25, 0.3) is 0 Å². The smallest absolute Gasteiger partial charge is 0.368 e. The predicted molar refractivity (Wildman–Crippen MR) is 99.7 cm³/mol. The van der Waals surface area contributed by atoms with Gasteiger partial charge in [0, 0.05) is 42.0 Å². The van der Waals surface area contributed by atoms with Crippen LogP contribution in [0.2, 0.25) is 0 Å². The molecule has 1 N–H and O–H groups in total. The molecule has 1 aromatic heterocycles. The van der Waals surface area contributed by atoms with E-state index in [1.54, 1.807) is 12.1 Å². The van der Waals surface area contributed by atoms with Crippen LogP contribution in [0.5, 0.6) is 0 Å². The van der Waals surface area contributed by atoms with Gasteiger partial charge in [-0.2, -0.15) is 13.2 Å². The Labute approximate surface area is 156 Å². The number of hydrogen-bond acceptors (Lipinski definition) is 3. The first-order valence-corrected chi connectivity index (χ1v) is 9.02. The van der Waals surface area contributed by atoms with Crippen molar-refractivity contribution in [1.29, 1.82) is 0 Å². The van der Waals surface area contributed by atoms with Gasteiger partial charge in [0.05, 0.1) is 11.0 Å². The Balaban J connectivity index is 1.49. The molecule has 3 aromatic rings. The molecule has 136 valence electrons. The Morgan fingerprint density at radius 3 is 2.08 bits per heavy atom. The number of aromatic nitrogens is 2. The highest BCUT2D eigenvalue weighted by molar-refractivity contribution is 9.10. The summed E-state index contributed by atoms with van der Waals surface area (Å²) < 4.78 is 39.4. The van der Waals surface area contributed by atoms with Crippen molar-refractivity contribution in [3.63, 3.8) is 0 Å². The lowest BCUT2D eigenvalue weighted by atomic mass is 10.2. The number of hydrogen-bond donors (Lipinski definition) is 1. The zero-order valence-corrected chi connectivity index (χ0v) is 15.3. The Morgan fingerprint density at radius 2 is 1.46 bits per heavy atom.